The molecule has 0 spiro atoms. The maximum Gasteiger partial charge on any atom is 0.411 e. The van der Waals surface area contributed by atoms with E-state index in [-0.39, 0.29) is 18.3 Å². The van der Waals surface area contributed by atoms with E-state index >= 15 is 0 Å². The molecule has 1 aliphatic rings. The number of aryl methyl sites for hydroxylation is 1. The Labute approximate surface area is 135 Å². The van der Waals surface area contributed by atoms with Crippen LogP contribution in [-0.2, 0) is 11.2 Å². The average Bonchev–Trinajstić information content (AvgIpc) is 2.85. The Hall–Kier alpha value is -2.55. The molecule has 1 aromatic carbocycles. The predicted octanol–water partition coefficient (Wildman–Crippen LogP) is 3.45. The highest BCUT2D eigenvalue weighted by molar-refractivity contribution is 5.70. The van der Waals surface area contributed by atoms with Crippen LogP contribution in [0.1, 0.15) is 44.4 Å². The largest absolute Gasteiger partial charge is 0.444 e. The van der Waals surface area contributed by atoms with Crippen molar-refractivity contribution in [2.75, 3.05) is 6.54 Å². The molecular weight excluding hydrogens is 296 g/mol. The molecule has 0 N–H and O–H groups in total. The Kier molecular flexibility index (Phi) is 4.60. The molecule has 1 atom stereocenters. The number of amides is 1. The Morgan fingerprint density at radius 1 is 1.52 bits per heavy atom. The quantitative estimate of drug-likeness (QED) is 0.486. The second kappa shape index (κ2) is 6.29. The molecule has 122 valence electrons. The fourth-order valence-corrected chi connectivity index (χ4v) is 2.73. The molecule has 6 nitrogen and oxygen atoms in total. The van der Waals surface area contributed by atoms with Crippen molar-refractivity contribution < 1.29 is 14.5 Å². The van der Waals surface area contributed by atoms with E-state index in [1.807, 2.05) is 0 Å². The van der Waals surface area contributed by atoms with Crippen LogP contribution >= 0.6 is 0 Å². The van der Waals surface area contributed by atoms with E-state index in [1.165, 1.54) is 17.0 Å². The van der Waals surface area contributed by atoms with Crippen LogP contribution in [0.5, 0.6) is 0 Å². The lowest BCUT2D eigenvalue weighted by Gasteiger charge is -2.30. The number of nitro groups is 1. The van der Waals surface area contributed by atoms with Gasteiger partial charge in [-0.3, -0.25) is 15.0 Å². The molecule has 1 aliphatic carbocycles. The van der Waals surface area contributed by atoms with E-state index in [9.17, 15) is 14.9 Å². The van der Waals surface area contributed by atoms with Gasteiger partial charge >= 0.3 is 6.09 Å². The van der Waals surface area contributed by atoms with Crippen LogP contribution in [0.2, 0.25) is 0 Å². The standard InChI is InChI=1S/C17H20N2O4/c1-5-10-18(16(20)23-17(2,3)4)15-9-7-12-6-8-13(19(21)22)11-14(12)15/h1,6,8,11,15H,7,9-10H2,2-4H3. The third kappa shape index (κ3) is 3.81. The number of hydrogen-bond donors (Lipinski definition) is 0. The second-order valence-electron chi connectivity index (χ2n) is 6.51. The van der Waals surface area contributed by atoms with Crippen molar-refractivity contribution in [3.05, 3.63) is 39.4 Å². The van der Waals surface area contributed by atoms with Crippen molar-refractivity contribution in [1.29, 1.82) is 0 Å². The van der Waals surface area contributed by atoms with Gasteiger partial charge in [0.15, 0.2) is 0 Å². The highest BCUT2D eigenvalue weighted by Crippen LogP contribution is 2.38. The van der Waals surface area contributed by atoms with Gasteiger partial charge in [0.25, 0.3) is 5.69 Å². The van der Waals surface area contributed by atoms with Gasteiger partial charge in [-0.2, -0.15) is 0 Å². The lowest BCUT2D eigenvalue weighted by molar-refractivity contribution is -0.384. The van der Waals surface area contributed by atoms with Gasteiger partial charge < -0.3 is 4.74 Å². The van der Waals surface area contributed by atoms with E-state index in [0.29, 0.717) is 6.42 Å². The molecule has 0 heterocycles. The molecular formula is C17H20N2O4. The maximum atomic E-state index is 12.4. The number of nitrogens with zero attached hydrogens (tertiary/aromatic N) is 2. The highest BCUT2D eigenvalue weighted by Gasteiger charge is 2.34. The first-order valence-electron chi connectivity index (χ1n) is 7.43. The molecule has 0 saturated heterocycles. The molecule has 1 amide bonds. The van der Waals surface area contributed by atoms with Gasteiger partial charge in [0.2, 0.25) is 0 Å². The van der Waals surface area contributed by atoms with Gasteiger partial charge in [-0.1, -0.05) is 12.0 Å². The molecule has 0 saturated carbocycles. The van der Waals surface area contributed by atoms with E-state index in [2.05, 4.69) is 5.92 Å². The molecule has 0 aliphatic heterocycles. The van der Waals surface area contributed by atoms with E-state index in [1.54, 1.807) is 26.8 Å². The summed E-state index contributed by atoms with van der Waals surface area (Å²) in [4.78, 5) is 24.5. The number of ether oxygens (including phenoxy) is 1. The molecule has 1 aromatic rings. The summed E-state index contributed by atoms with van der Waals surface area (Å²) >= 11 is 0. The number of terminal acetylenes is 1. The zero-order chi connectivity index (χ0) is 17.2. The van der Waals surface area contributed by atoms with Crippen molar-refractivity contribution in [2.24, 2.45) is 0 Å². The van der Waals surface area contributed by atoms with Gasteiger partial charge in [-0.15, -0.1) is 6.42 Å². The maximum absolute atomic E-state index is 12.4. The van der Waals surface area contributed by atoms with Crippen LogP contribution in [0.15, 0.2) is 18.2 Å². The van der Waals surface area contributed by atoms with Gasteiger partial charge in [-0.25, -0.2) is 4.79 Å². The summed E-state index contributed by atoms with van der Waals surface area (Å²) in [7, 11) is 0. The smallest absolute Gasteiger partial charge is 0.411 e. The second-order valence-corrected chi connectivity index (χ2v) is 6.51. The van der Waals surface area contributed by atoms with Crippen LogP contribution in [0.3, 0.4) is 0 Å². The van der Waals surface area contributed by atoms with E-state index in [4.69, 9.17) is 11.2 Å². The first-order valence-corrected chi connectivity index (χ1v) is 7.43. The molecule has 0 fully saturated rings. The van der Waals surface area contributed by atoms with Crippen molar-refractivity contribution in [3.8, 4) is 12.3 Å². The van der Waals surface area contributed by atoms with Crippen molar-refractivity contribution in [2.45, 2.75) is 45.3 Å². The highest BCUT2D eigenvalue weighted by atomic mass is 16.6. The molecule has 6 heteroatoms. The summed E-state index contributed by atoms with van der Waals surface area (Å²) in [6.07, 6.45) is 6.32. The summed E-state index contributed by atoms with van der Waals surface area (Å²) in [6, 6.07) is 4.47. The van der Waals surface area contributed by atoms with Gasteiger partial charge in [-0.05, 0) is 44.7 Å². The number of rotatable bonds is 3. The fraction of sp³-hybridized carbons (Fsp3) is 0.471. The summed E-state index contributed by atoms with van der Waals surface area (Å²) < 4.78 is 5.42. The Morgan fingerprint density at radius 3 is 2.78 bits per heavy atom. The molecule has 23 heavy (non-hydrogen) atoms. The van der Waals surface area contributed by atoms with Crippen LogP contribution in [0.25, 0.3) is 0 Å². The third-order valence-corrected chi connectivity index (χ3v) is 3.65. The number of fused-ring (bicyclic) bond motifs is 1. The number of nitro benzene ring substituents is 1. The third-order valence-electron chi connectivity index (χ3n) is 3.65. The lowest BCUT2D eigenvalue weighted by atomic mass is 10.1. The van der Waals surface area contributed by atoms with Crippen LogP contribution in [-0.4, -0.2) is 28.1 Å². The summed E-state index contributed by atoms with van der Waals surface area (Å²) in [5.41, 5.74) is 1.17. The molecule has 1 unspecified atom stereocenters. The van der Waals surface area contributed by atoms with Crippen molar-refractivity contribution in [3.63, 3.8) is 0 Å². The number of non-ortho nitro benzene ring substituents is 1. The predicted molar refractivity (Wildman–Crippen MR) is 85.9 cm³/mol. The fourth-order valence-electron chi connectivity index (χ4n) is 2.73. The molecule has 2 rings (SSSR count). The van der Waals surface area contributed by atoms with Crippen LogP contribution < -0.4 is 0 Å². The van der Waals surface area contributed by atoms with Crippen molar-refractivity contribution in [1.82, 2.24) is 4.90 Å². The monoisotopic (exact) mass is 316 g/mol. The van der Waals surface area contributed by atoms with Crippen LogP contribution in [0.4, 0.5) is 10.5 Å². The Morgan fingerprint density at radius 2 is 2.22 bits per heavy atom. The summed E-state index contributed by atoms with van der Waals surface area (Å²) in [5.74, 6) is 2.47. The normalized spacial score (nSPS) is 16.3. The average molecular weight is 316 g/mol. The van der Waals surface area contributed by atoms with E-state index < -0.39 is 16.6 Å². The number of benzene rings is 1. The molecule has 0 radical (unpaired) electrons. The van der Waals surface area contributed by atoms with Gasteiger partial charge in [0.05, 0.1) is 17.5 Å². The topological polar surface area (TPSA) is 72.7 Å². The summed E-state index contributed by atoms with van der Waals surface area (Å²) in [6.45, 7) is 5.45. The number of hydrogen-bond acceptors (Lipinski definition) is 4. The molecule has 0 bridgehead atoms. The minimum atomic E-state index is -0.631. The lowest BCUT2D eigenvalue weighted by Crippen LogP contribution is -2.39. The zero-order valence-electron chi connectivity index (χ0n) is 13.5. The molecule has 0 aromatic heterocycles. The minimum absolute atomic E-state index is 0.0143. The SMILES string of the molecule is C#CCN(C(=O)OC(C)(C)C)C1CCc2ccc([N+](=O)[O-])cc21. The van der Waals surface area contributed by atoms with Gasteiger partial charge in [0.1, 0.15) is 5.60 Å². The number of carbonyl (C=O) groups excluding carboxylic acids is 1. The minimum Gasteiger partial charge on any atom is -0.444 e. The first kappa shape index (κ1) is 16.8. The zero-order valence-corrected chi connectivity index (χ0v) is 13.5. The van der Waals surface area contributed by atoms with Gasteiger partial charge in [0, 0.05) is 12.1 Å². The summed E-state index contributed by atoms with van der Waals surface area (Å²) in [5, 5.41) is 11.0. The number of carbonyl (C=O) groups is 1. The van der Waals surface area contributed by atoms with Crippen LogP contribution in [0, 0.1) is 22.5 Å². The first-order chi connectivity index (χ1) is 10.7. The Bertz CT molecular complexity index is 670. The van der Waals surface area contributed by atoms with Crippen molar-refractivity contribution >= 4 is 11.8 Å². The van der Waals surface area contributed by atoms with E-state index in [0.717, 1.165) is 17.5 Å². The Balaban J connectivity index is 2.33.